The van der Waals surface area contributed by atoms with Crippen LogP contribution in [0.5, 0.6) is 0 Å². The Kier molecular flexibility index (Phi) is 9.65. The summed E-state index contributed by atoms with van der Waals surface area (Å²) in [4.78, 5) is 9.13. The molecule has 0 unspecified atom stereocenters. The molecule has 0 atom stereocenters. The minimum absolute atomic E-state index is 0.204. The van der Waals surface area contributed by atoms with Crippen molar-refractivity contribution in [3.63, 3.8) is 0 Å². The monoisotopic (exact) mass is 384 g/mol. The van der Waals surface area contributed by atoms with Crippen molar-refractivity contribution in [2.24, 2.45) is 10.4 Å². The SMILES string of the molecule is CCNC(=NCC1(CCO)CCCCC1)NCCCSc1nccs1. The van der Waals surface area contributed by atoms with Gasteiger partial charge in [0.1, 0.15) is 4.34 Å². The van der Waals surface area contributed by atoms with Crippen molar-refractivity contribution < 1.29 is 5.11 Å². The van der Waals surface area contributed by atoms with Crippen LogP contribution in [0.15, 0.2) is 20.9 Å². The van der Waals surface area contributed by atoms with Crippen LogP contribution in [0.25, 0.3) is 0 Å². The average Bonchev–Trinajstić information content (AvgIpc) is 3.14. The highest BCUT2D eigenvalue weighted by Crippen LogP contribution is 2.39. The Balaban J connectivity index is 1.76. The van der Waals surface area contributed by atoms with Gasteiger partial charge in [0.05, 0.1) is 0 Å². The van der Waals surface area contributed by atoms with Crippen LogP contribution in [-0.4, -0.2) is 48.0 Å². The third kappa shape index (κ3) is 7.54. The van der Waals surface area contributed by atoms with Gasteiger partial charge in [-0.2, -0.15) is 0 Å². The highest BCUT2D eigenvalue weighted by atomic mass is 32.2. The molecule has 2 rings (SSSR count). The number of aliphatic hydroxyl groups excluding tert-OH is 1. The minimum atomic E-state index is 0.204. The Morgan fingerprint density at radius 2 is 2.20 bits per heavy atom. The number of hydrogen-bond acceptors (Lipinski definition) is 5. The molecule has 0 aliphatic heterocycles. The summed E-state index contributed by atoms with van der Waals surface area (Å²) >= 11 is 3.51. The first kappa shape index (κ1) is 20.5. The van der Waals surface area contributed by atoms with Gasteiger partial charge >= 0.3 is 0 Å². The van der Waals surface area contributed by atoms with E-state index in [0.29, 0.717) is 0 Å². The van der Waals surface area contributed by atoms with Crippen molar-refractivity contribution in [1.29, 1.82) is 0 Å². The fourth-order valence-corrected chi connectivity index (χ4v) is 4.98. The summed E-state index contributed by atoms with van der Waals surface area (Å²) in [5, 5.41) is 18.3. The standard InChI is InChI=1S/C18H32N4OS2/c1-2-19-16(20-10-6-13-24-17-21-11-14-25-17)22-15-18(9-12-23)7-4-3-5-8-18/h11,14,23H,2-10,12-13,15H2,1H3,(H2,19,20,22). The molecule has 1 fully saturated rings. The van der Waals surface area contributed by atoms with Gasteiger partial charge in [-0.1, -0.05) is 31.0 Å². The zero-order chi connectivity index (χ0) is 17.8. The summed E-state index contributed by atoms with van der Waals surface area (Å²) in [6, 6.07) is 0. The minimum Gasteiger partial charge on any atom is -0.396 e. The molecule has 25 heavy (non-hydrogen) atoms. The first-order chi connectivity index (χ1) is 12.3. The molecule has 0 spiro atoms. The summed E-state index contributed by atoms with van der Waals surface area (Å²) in [6.07, 6.45) is 10.1. The number of aromatic nitrogens is 1. The van der Waals surface area contributed by atoms with Gasteiger partial charge in [0.2, 0.25) is 0 Å². The fraction of sp³-hybridized carbons (Fsp3) is 0.778. The van der Waals surface area contributed by atoms with E-state index in [1.807, 2.05) is 23.3 Å². The van der Waals surface area contributed by atoms with E-state index in [9.17, 15) is 5.11 Å². The number of nitrogens with zero attached hydrogens (tertiary/aromatic N) is 2. The summed E-state index contributed by atoms with van der Waals surface area (Å²) < 4.78 is 1.14. The lowest BCUT2D eigenvalue weighted by Gasteiger charge is -2.35. The summed E-state index contributed by atoms with van der Waals surface area (Å²) in [5.41, 5.74) is 0.204. The zero-order valence-corrected chi connectivity index (χ0v) is 16.9. The first-order valence-corrected chi connectivity index (χ1v) is 11.3. The molecule has 3 N–H and O–H groups in total. The second kappa shape index (κ2) is 11.8. The van der Waals surface area contributed by atoms with E-state index in [-0.39, 0.29) is 12.0 Å². The van der Waals surface area contributed by atoms with E-state index in [1.165, 1.54) is 32.1 Å². The molecule has 0 saturated heterocycles. The predicted octanol–water partition coefficient (Wildman–Crippen LogP) is 3.51. The van der Waals surface area contributed by atoms with Crippen molar-refractivity contribution >= 4 is 29.1 Å². The van der Waals surface area contributed by atoms with E-state index in [1.54, 1.807) is 11.3 Å². The van der Waals surface area contributed by atoms with Gasteiger partial charge in [-0.05, 0) is 38.0 Å². The normalized spacial score (nSPS) is 17.4. The second-order valence-electron chi connectivity index (χ2n) is 6.66. The van der Waals surface area contributed by atoms with Crippen molar-refractivity contribution in [3.05, 3.63) is 11.6 Å². The lowest BCUT2D eigenvalue weighted by atomic mass is 9.72. The number of thiazole rings is 1. The highest BCUT2D eigenvalue weighted by Gasteiger charge is 2.31. The topological polar surface area (TPSA) is 69.5 Å². The van der Waals surface area contributed by atoms with E-state index in [2.05, 4.69) is 22.5 Å². The third-order valence-corrected chi connectivity index (χ3v) is 6.77. The maximum atomic E-state index is 9.44. The van der Waals surface area contributed by atoms with Crippen LogP contribution < -0.4 is 10.6 Å². The molecule has 0 bridgehead atoms. The fourth-order valence-electron chi connectivity index (χ4n) is 3.33. The van der Waals surface area contributed by atoms with E-state index in [0.717, 1.165) is 48.5 Å². The Hall–Kier alpha value is -0.790. The molecule has 5 nitrogen and oxygen atoms in total. The van der Waals surface area contributed by atoms with Gasteiger partial charge < -0.3 is 15.7 Å². The van der Waals surface area contributed by atoms with E-state index in [4.69, 9.17) is 4.99 Å². The van der Waals surface area contributed by atoms with Gasteiger partial charge in [-0.25, -0.2) is 4.98 Å². The lowest BCUT2D eigenvalue weighted by molar-refractivity contribution is 0.137. The second-order valence-corrected chi connectivity index (χ2v) is 8.89. The summed E-state index contributed by atoms with van der Waals surface area (Å²) in [7, 11) is 0. The number of guanidine groups is 1. The summed E-state index contributed by atoms with van der Waals surface area (Å²) in [6.45, 7) is 4.97. The number of aliphatic imine (C=N–C) groups is 1. The smallest absolute Gasteiger partial charge is 0.191 e. The maximum absolute atomic E-state index is 9.44. The zero-order valence-electron chi connectivity index (χ0n) is 15.3. The molecule has 142 valence electrons. The molecular formula is C18H32N4OS2. The molecule has 0 radical (unpaired) electrons. The number of nitrogens with one attached hydrogen (secondary N) is 2. The molecule has 1 aliphatic rings. The number of aliphatic hydroxyl groups is 1. The van der Waals surface area contributed by atoms with Gasteiger partial charge in [0, 0.05) is 43.6 Å². The highest BCUT2D eigenvalue weighted by molar-refractivity contribution is 8.00. The largest absolute Gasteiger partial charge is 0.396 e. The van der Waals surface area contributed by atoms with Crippen molar-refractivity contribution in [1.82, 2.24) is 15.6 Å². The Labute approximate surface area is 160 Å². The van der Waals surface area contributed by atoms with Crippen LogP contribution in [0.3, 0.4) is 0 Å². The number of thioether (sulfide) groups is 1. The van der Waals surface area contributed by atoms with Crippen molar-refractivity contribution in [2.75, 3.05) is 32.0 Å². The van der Waals surface area contributed by atoms with E-state index < -0.39 is 0 Å². The van der Waals surface area contributed by atoms with Crippen molar-refractivity contribution in [3.8, 4) is 0 Å². The molecule has 1 heterocycles. The van der Waals surface area contributed by atoms with Crippen LogP contribution in [0.1, 0.15) is 51.9 Å². The van der Waals surface area contributed by atoms with Crippen LogP contribution in [0.4, 0.5) is 0 Å². The van der Waals surface area contributed by atoms with Crippen LogP contribution >= 0.6 is 23.1 Å². The Morgan fingerprint density at radius 3 is 2.88 bits per heavy atom. The quantitative estimate of drug-likeness (QED) is 0.249. The maximum Gasteiger partial charge on any atom is 0.191 e. The number of rotatable bonds is 10. The molecular weight excluding hydrogens is 352 g/mol. The predicted molar refractivity (Wildman–Crippen MR) is 109 cm³/mol. The molecule has 0 amide bonds. The average molecular weight is 385 g/mol. The molecule has 1 aromatic rings. The Bertz CT molecular complexity index is 482. The number of hydrogen-bond donors (Lipinski definition) is 3. The lowest BCUT2D eigenvalue weighted by Crippen LogP contribution is -2.39. The van der Waals surface area contributed by atoms with Crippen LogP contribution in [0, 0.1) is 5.41 Å². The van der Waals surface area contributed by atoms with E-state index >= 15 is 0 Å². The van der Waals surface area contributed by atoms with Crippen LogP contribution in [0.2, 0.25) is 0 Å². The third-order valence-electron chi connectivity index (χ3n) is 4.72. The van der Waals surface area contributed by atoms with Gasteiger partial charge in [0.25, 0.3) is 0 Å². The molecule has 1 aliphatic carbocycles. The molecule has 1 aromatic heterocycles. The van der Waals surface area contributed by atoms with Crippen molar-refractivity contribution in [2.45, 2.75) is 56.2 Å². The Morgan fingerprint density at radius 1 is 1.36 bits per heavy atom. The van der Waals surface area contributed by atoms with Gasteiger partial charge in [-0.15, -0.1) is 11.3 Å². The van der Waals surface area contributed by atoms with Crippen LogP contribution in [-0.2, 0) is 0 Å². The molecule has 1 saturated carbocycles. The molecule has 0 aromatic carbocycles. The summed E-state index contributed by atoms with van der Waals surface area (Å²) in [5.74, 6) is 1.97. The van der Waals surface area contributed by atoms with Gasteiger partial charge in [0.15, 0.2) is 5.96 Å². The first-order valence-electron chi connectivity index (χ1n) is 9.43. The molecule has 7 heteroatoms. The van der Waals surface area contributed by atoms with Gasteiger partial charge in [-0.3, -0.25) is 4.99 Å².